The summed E-state index contributed by atoms with van der Waals surface area (Å²) in [6, 6.07) is 31.6. The minimum absolute atomic E-state index is 0.0215. The topological polar surface area (TPSA) is 66.5 Å². The maximum atomic E-state index is 14.1. The first-order chi connectivity index (χ1) is 17.8. The zero-order valence-electron chi connectivity index (χ0n) is 19.9. The molecule has 4 aromatic rings. The minimum atomic E-state index is -4.17. The largest absolute Gasteiger partial charge is 0.333 e. The van der Waals surface area contributed by atoms with E-state index in [9.17, 15) is 13.2 Å². The molecule has 0 unspecified atom stereocenters. The number of sulfonamides is 1. The van der Waals surface area contributed by atoms with E-state index < -0.39 is 16.1 Å². The third-order valence-corrected chi connectivity index (χ3v) is 7.99. The highest BCUT2D eigenvalue weighted by Gasteiger charge is 2.31. The van der Waals surface area contributed by atoms with Crippen LogP contribution in [0.1, 0.15) is 16.7 Å². The summed E-state index contributed by atoms with van der Waals surface area (Å²) in [5.41, 5.74) is 2.69. The first-order valence-electron chi connectivity index (χ1n) is 11.7. The van der Waals surface area contributed by atoms with Crippen molar-refractivity contribution in [2.45, 2.75) is 30.4 Å². The van der Waals surface area contributed by atoms with Crippen LogP contribution in [-0.4, -0.2) is 25.3 Å². The molecule has 1 atom stereocenters. The number of nitrogens with one attached hydrogen (secondary N) is 1. The summed E-state index contributed by atoms with van der Waals surface area (Å²) in [5, 5.41) is 0.249. The zero-order valence-corrected chi connectivity index (χ0v) is 22.3. The summed E-state index contributed by atoms with van der Waals surface area (Å²) in [5.74, 6) is -0.349. The van der Waals surface area contributed by atoms with Crippen LogP contribution in [0.3, 0.4) is 0 Å². The number of carbonyl (C=O) groups excluding carboxylic acids is 1. The lowest BCUT2D eigenvalue weighted by molar-refractivity contribution is -0.134. The van der Waals surface area contributed by atoms with Gasteiger partial charge in [0.15, 0.2) is 0 Å². The lowest BCUT2D eigenvalue weighted by atomic mass is 10.0. The van der Waals surface area contributed by atoms with Crippen LogP contribution in [-0.2, 0) is 34.3 Å². The summed E-state index contributed by atoms with van der Waals surface area (Å²) in [4.78, 5) is 15.5. The first kappa shape index (κ1) is 26.9. The van der Waals surface area contributed by atoms with Crippen LogP contribution in [0.4, 0.5) is 0 Å². The minimum Gasteiger partial charge on any atom is -0.333 e. The smallest absolute Gasteiger partial charge is 0.242 e. The van der Waals surface area contributed by atoms with Gasteiger partial charge in [-0.2, -0.15) is 4.72 Å². The average molecular weight is 554 g/mol. The van der Waals surface area contributed by atoms with Gasteiger partial charge in [0, 0.05) is 18.1 Å². The second-order valence-corrected chi connectivity index (χ2v) is 11.1. The van der Waals surface area contributed by atoms with E-state index in [0.717, 1.165) is 16.7 Å². The Hall–Kier alpha value is -3.16. The molecular weight excluding hydrogens is 527 g/mol. The van der Waals surface area contributed by atoms with Crippen molar-refractivity contribution in [2.75, 3.05) is 0 Å². The third kappa shape index (κ3) is 7.43. The maximum absolute atomic E-state index is 14.1. The van der Waals surface area contributed by atoms with E-state index in [1.54, 1.807) is 4.90 Å². The Morgan fingerprint density at radius 3 is 1.73 bits per heavy atom. The molecule has 0 bridgehead atoms. The molecule has 37 heavy (non-hydrogen) atoms. The summed E-state index contributed by atoms with van der Waals surface area (Å²) in [6.45, 7) is 0.638. The molecule has 190 valence electrons. The van der Waals surface area contributed by atoms with Crippen LogP contribution in [0.15, 0.2) is 114 Å². The number of nitrogens with zero attached hydrogens (tertiary/aromatic N) is 1. The SMILES string of the molecule is O=C([C@@H](Cc1ccccc1)NS(=O)(=O)c1cc(Cl)ccc1Cl)N(Cc1ccccc1)Cc1ccccc1. The fourth-order valence-electron chi connectivity index (χ4n) is 4.00. The highest BCUT2D eigenvalue weighted by Crippen LogP contribution is 2.26. The fourth-order valence-corrected chi connectivity index (χ4v) is 5.95. The number of benzene rings is 4. The molecule has 1 N–H and O–H groups in total. The highest BCUT2D eigenvalue weighted by molar-refractivity contribution is 7.89. The predicted molar refractivity (Wildman–Crippen MR) is 148 cm³/mol. The molecule has 0 saturated carbocycles. The normalized spacial score (nSPS) is 12.2. The number of hydrogen-bond acceptors (Lipinski definition) is 3. The van der Waals surface area contributed by atoms with Crippen molar-refractivity contribution in [1.82, 2.24) is 9.62 Å². The van der Waals surface area contributed by atoms with Crippen molar-refractivity contribution in [1.29, 1.82) is 0 Å². The van der Waals surface area contributed by atoms with Crippen molar-refractivity contribution in [3.05, 3.63) is 136 Å². The van der Waals surface area contributed by atoms with E-state index in [1.165, 1.54) is 18.2 Å². The van der Waals surface area contributed by atoms with Gasteiger partial charge in [-0.3, -0.25) is 4.79 Å². The number of rotatable bonds is 10. The molecule has 0 heterocycles. The van der Waals surface area contributed by atoms with Crippen molar-refractivity contribution in [3.63, 3.8) is 0 Å². The Labute approximate surface area is 227 Å². The molecule has 5 nitrogen and oxygen atoms in total. The highest BCUT2D eigenvalue weighted by atomic mass is 35.5. The average Bonchev–Trinajstić information content (AvgIpc) is 2.90. The van der Waals surface area contributed by atoms with E-state index in [-0.39, 0.29) is 27.3 Å². The molecular formula is C29H26Cl2N2O3S. The lowest BCUT2D eigenvalue weighted by Crippen LogP contribution is -2.49. The van der Waals surface area contributed by atoms with E-state index in [0.29, 0.717) is 13.1 Å². The van der Waals surface area contributed by atoms with Crippen LogP contribution in [0.5, 0.6) is 0 Å². The van der Waals surface area contributed by atoms with Crippen LogP contribution in [0.25, 0.3) is 0 Å². The maximum Gasteiger partial charge on any atom is 0.242 e. The summed E-state index contributed by atoms with van der Waals surface area (Å²) < 4.78 is 29.5. The summed E-state index contributed by atoms with van der Waals surface area (Å²) >= 11 is 12.3. The van der Waals surface area contributed by atoms with E-state index in [4.69, 9.17) is 23.2 Å². The Kier molecular flexibility index (Phi) is 9.00. The van der Waals surface area contributed by atoms with E-state index >= 15 is 0 Å². The fraction of sp³-hybridized carbons (Fsp3) is 0.138. The standard InChI is InChI=1S/C29H26Cl2N2O3S/c30-25-16-17-26(31)28(19-25)37(35,36)32-27(18-22-10-4-1-5-11-22)29(34)33(20-23-12-6-2-7-13-23)21-24-14-8-3-9-15-24/h1-17,19,27,32H,18,20-21H2/t27-/m1/s1. The number of halogens is 2. The summed E-state index contributed by atoms with van der Waals surface area (Å²) in [6.07, 6.45) is 0.164. The van der Waals surface area contributed by atoms with Crippen molar-refractivity contribution >= 4 is 39.1 Å². The molecule has 0 radical (unpaired) electrons. The van der Waals surface area contributed by atoms with Crippen molar-refractivity contribution in [3.8, 4) is 0 Å². The van der Waals surface area contributed by atoms with Crippen LogP contribution < -0.4 is 4.72 Å². The van der Waals surface area contributed by atoms with Crippen molar-refractivity contribution in [2.24, 2.45) is 0 Å². The molecule has 0 fully saturated rings. The van der Waals surface area contributed by atoms with Gasteiger partial charge in [-0.15, -0.1) is 0 Å². The zero-order chi connectivity index (χ0) is 26.3. The van der Waals surface area contributed by atoms with Crippen molar-refractivity contribution < 1.29 is 13.2 Å². The van der Waals surface area contributed by atoms with Gasteiger partial charge in [-0.1, -0.05) is 114 Å². The van der Waals surface area contributed by atoms with Gasteiger partial charge < -0.3 is 4.90 Å². The Morgan fingerprint density at radius 1 is 0.730 bits per heavy atom. The van der Waals surface area contributed by atoms with Gasteiger partial charge in [0.2, 0.25) is 15.9 Å². The second-order valence-electron chi connectivity index (χ2n) is 8.60. The van der Waals surface area contributed by atoms with Gasteiger partial charge in [0.25, 0.3) is 0 Å². The lowest BCUT2D eigenvalue weighted by Gasteiger charge is -2.28. The number of amides is 1. The van der Waals surface area contributed by atoms with E-state index in [2.05, 4.69) is 4.72 Å². The molecule has 0 aliphatic rings. The molecule has 4 aromatic carbocycles. The van der Waals surface area contributed by atoms with Crippen LogP contribution >= 0.6 is 23.2 Å². The molecule has 0 aliphatic carbocycles. The molecule has 4 rings (SSSR count). The molecule has 0 aliphatic heterocycles. The monoisotopic (exact) mass is 552 g/mol. The molecule has 0 spiro atoms. The Bertz CT molecular complexity index is 1390. The van der Waals surface area contributed by atoms with Gasteiger partial charge in [-0.05, 0) is 41.3 Å². The molecule has 8 heteroatoms. The molecule has 1 amide bonds. The van der Waals surface area contributed by atoms with Gasteiger partial charge >= 0.3 is 0 Å². The quantitative estimate of drug-likeness (QED) is 0.258. The van der Waals surface area contributed by atoms with E-state index in [1.807, 2.05) is 91.0 Å². The number of hydrogen-bond donors (Lipinski definition) is 1. The number of carbonyl (C=O) groups is 1. The summed E-state index contributed by atoms with van der Waals surface area (Å²) in [7, 11) is -4.17. The first-order valence-corrected chi connectivity index (χ1v) is 13.9. The van der Waals surface area contributed by atoms with Crippen LogP contribution in [0, 0.1) is 0 Å². The second kappa shape index (κ2) is 12.4. The Morgan fingerprint density at radius 2 is 1.22 bits per heavy atom. The van der Waals surface area contributed by atoms with Gasteiger partial charge in [0.05, 0.1) is 5.02 Å². The molecule has 0 saturated heterocycles. The third-order valence-electron chi connectivity index (χ3n) is 5.81. The predicted octanol–water partition coefficient (Wildman–Crippen LogP) is 6.11. The van der Waals surface area contributed by atoms with Gasteiger partial charge in [-0.25, -0.2) is 8.42 Å². The Balaban J connectivity index is 1.70. The van der Waals surface area contributed by atoms with Gasteiger partial charge in [0.1, 0.15) is 10.9 Å². The van der Waals surface area contributed by atoms with Crippen LogP contribution in [0.2, 0.25) is 10.0 Å². The molecule has 0 aromatic heterocycles.